The summed E-state index contributed by atoms with van der Waals surface area (Å²) in [4.78, 5) is -0.128. The molecule has 1 atom stereocenters. The quantitative estimate of drug-likeness (QED) is 0.696. The van der Waals surface area contributed by atoms with Gasteiger partial charge in [-0.1, -0.05) is 6.07 Å². The van der Waals surface area contributed by atoms with Crippen molar-refractivity contribution in [3.63, 3.8) is 0 Å². The van der Waals surface area contributed by atoms with Gasteiger partial charge in [0, 0.05) is 11.7 Å². The van der Waals surface area contributed by atoms with Crippen LogP contribution < -0.4 is 15.2 Å². The van der Waals surface area contributed by atoms with Gasteiger partial charge in [-0.3, -0.25) is 4.72 Å². The van der Waals surface area contributed by atoms with Gasteiger partial charge in [0.05, 0.1) is 10.6 Å². The molecule has 7 nitrogen and oxygen atoms in total. The van der Waals surface area contributed by atoms with Gasteiger partial charge >= 0.3 is 0 Å². The number of sulfonamides is 2. The smallest absolute Gasteiger partial charge is 0.238 e. The summed E-state index contributed by atoms with van der Waals surface area (Å²) in [5, 5.41) is 8.11. The first-order valence-corrected chi connectivity index (χ1v) is 9.33. The van der Waals surface area contributed by atoms with Crippen LogP contribution in [0.5, 0.6) is 0 Å². The van der Waals surface area contributed by atoms with Crippen LogP contribution in [0.1, 0.15) is 12.8 Å². The average molecular weight is 319 g/mol. The number of nitrogens with two attached hydrogens (primary N) is 1. The van der Waals surface area contributed by atoms with Crippen molar-refractivity contribution in [2.45, 2.75) is 23.8 Å². The molecule has 1 unspecified atom stereocenters. The van der Waals surface area contributed by atoms with Crippen molar-refractivity contribution in [2.24, 2.45) is 5.14 Å². The largest absolute Gasteiger partial charge is 0.313 e. The summed E-state index contributed by atoms with van der Waals surface area (Å²) in [5.41, 5.74) is 0.189. The third-order valence-corrected chi connectivity index (χ3v) is 5.32. The SMILES string of the molecule is NS(=O)(=O)c1cccc(NS(=O)(=O)CC2CCCN2)c1. The second kappa shape index (κ2) is 5.68. The summed E-state index contributed by atoms with van der Waals surface area (Å²) >= 11 is 0. The van der Waals surface area contributed by atoms with Gasteiger partial charge in [-0.25, -0.2) is 22.0 Å². The first-order chi connectivity index (χ1) is 9.26. The van der Waals surface area contributed by atoms with E-state index < -0.39 is 20.0 Å². The van der Waals surface area contributed by atoms with Crippen molar-refractivity contribution in [2.75, 3.05) is 17.0 Å². The van der Waals surface area contributed by atoms with E-state index in [9.17, 15) is 16.8 Å². The second-order valence-corrected chi connectivity index (χ2v) is 8.08. The Morgan fingerprint density at radius 1 is 1.30 bits per heavy atom. The van der Waals surface area contributed by atoms with Gasteiger partial charge in [-0.2, -0.15) is 0 Å². The molecule has 9 heteroatoms. The van der Waals surface area contributed by atoms with E-state index >= 15 is 0 Å². The van der Waals surface area contributed by atoms with E-state index in [4.69, 9.17) is 5.14 Å². The minimum absolute atomic E-state index is 0.0351. The molecule has 1 aliphatic heterocycles. The lowest BCUT2D eigenvalue weighted by atomic mass is 10.3. The zero-order chi connectivity index (χ0) is 14.8. The minimum atomic E-state index is -3.85. The molecule has 0 saturated carbocycles. The Balaban J connectivity index is 2.12. The highest BCUT2D eigenvalue weighted by Crippen LogP contribution is 2.16. The van der Waals surface area contributed by atoms with Crippen LogP contribution in [0.3, 0.4) is 0 Å². The molecule has 0 spiro atoms. The number of anilines is 1. The molecule has 0 bridgehead atoms. The van der Waals surface area contributed by atoms with Crippen LogP contribution in [-0.2, 0) is 20.0 Å². The zero-order valence-electron chi connectivity index (χ0n) is 10.7. The molecular weight excluding hydrogens is 302 g/mol. The number of hydrogen-bond acceptors (Lipinski definition) is 5. The summed E-state index contributed by atoms with van der Waals surface area (Å²) in [5.74, 6) is -0.0351. The molecule has 4 N–H and O–H groups in total. The van der Waals surface area contributed by atoms with Crippen molar-refractivity contribution in [3.05, 3.63) is 24.3 Å². The van der Waals surface area contributed by atoms with Crippen LogP contribution in [0.4, 0.5) is 5.69 Å². The molecule has 112 valence electrons. The van der Waals surface area contributed by atoms with E-state index in [2.05, 4.69) is 10.0 Å². The highest BCUT2D eigenvalue weighted by atomic mass is 32.2. The fourth-order valence-corrected chi connectivity index (χ4v) is 4.06. The lowest BCUT2D eigenvalue weighted by Crippen LogP contribution is -2.32. The Morgan fingerprint density at radius 2 is 2.05 bits per heavy atom. The monoisotopic (exact) mass is 319 g/mol. The highest BCUT2D eigenvalue weighted by molar-refractivity contribution is 7.92. The molecule has 1 fully saturated rings. The normalized spacial score (nSPS) is 19.9. The van der Waals surface area contributed by atoms with Crippen molar-refractivity contribution >= 4 is 25.7 Å². The molecule has 2 rings (SSSR count). The maximum atomic E-state index is 12.0. The molecule has 1 aromatic carbocycles. The van der Waals surface area contributed by atoms with Crippen molar-refractivity contribution in [1.82, 2.24) is 5.32 Å². The third-order valence-electron chi connectivity index (χ3n) is 3.02. The van der Waals surface area contributed by atoms with E-state index in [1.807, 2.05) is 0 Å². The third kappa shape index (κ3) is 4.17. The number of benzene rings is 1. The van der Waals surface area contributed by atoms with Crippen LogP contribution in [-0.4, -0.2) is 35.2 Å². The Labute approximate surface area is 118 Å². The van der Waals surface area contributed by atoms with Gasteiger partial charge in [-0.05, 0) is 37.6 Å². The standard InChI is InChI=1S/C11H17N3O4S2/c12-20(17,18)11-5-1-3-9(7-11)14-19(15,16)8-10-4-2-6-13-10/h1,3,5,7,10,13-14H,2,4,6,8H2,(H2,12,17,18). The summed E-state index contributed by atoms with van der Waals surface area (Å²) < 4.78 is 48.8. The van der Waals surface area contributed by atoms with Crippen molar-refractivity contribution in [1.29, 1.82) is 0 Å². The Bertz CT molecular complexity index is 679. The van der Waals surface area contributed by atoms with Crippen molar-refractivity contribution in [3.8, 4) is 0 Å². The topological polar surface area (TPSA) is 118 Å². The Kier molecular flexibility index (Phi) is 4.33. The predicted octanol–water partition coefficient (Wildman–Crippen LogP) is -0.172. The summed E-state index contributed by atoms with van der Waals surface area (Å²) in [6.45, 7) is 0.821. The molecular formula is C11H17N3O4S2. The van der Waals surface area contributed by atoms with Gasteiger partial charge < -0.3 is 5.32 Å². The van der Waals surface area contributed by atoms with E-state index in [0.717, 1.165) is 19.4 Å². The van der Waals surface area contributed by atoms with Gasteiger partial charge in [0.2, 0.25) is 20.0 Å². The fraction of sp³-hybridized carbons (Fsp3) is 0.455. The van der Waals surface area contributed by atoms with E-state index in [0.29, 0.717) is 0 Å². The number of primary sulfonamides is 1. The molecule has 0 aromatic heterocycles. The van der Waals surface area contributed by atoms with E-state index in [1.165, 1.54) is 24.3 Å². The van der Waals surface area contributed by atoms with Crippen LogP contribution >= 0.6 is 0 Å². The number of hydrogen-bond donors (Lipinski definition) is 3. The van der Waals surface area contributed by atoms with Gasteiger partial charge in [-0.15, -0.1) is 0 Å². The van der Waals surface area contributed by atoms with Gasteiger partial charge in [0.25, 0.3) is 0 Å². The molecule has 1 heterocycles. The molecule has 0 amide bonds. The molecule has 1 saturated heterocycles. The van der Waals surface area contributed by atoms with Crippen LogP contribution in [0.15, 0.2) is 29.2 Å². The lowest BCUT2D eigenvalue weighted by molar-refractivity contribution is 0.581. The Hall–Kier alpha value is -1.16. The summed E-state index contributed by atoms with van der Waals surface area (Å²) in [6, 6.07) is 5.37. The van der Waals surface area contributed by atoms with Crippen LogP contribution in [0, 0.1) is 0 Å². The second-order valence-electron chi connectivity index (χ2n) is 4.75. The van der Waals surface area contributed by atoms with Crippen LogP contribution in [0.2, 0.25) is 0 Å². The zero-order valence-corrected chi connectivity index (χ0v) is 12.4. The van der Waals surface area contributed by atoms with Gasteiger partial charge in [0.15, 0.2) is 0 Å². The first-order valence-electron chi connectivity index (χ1n) is 6.13. The molecule has 20 heavy (non-hydrogen) atoms. The maximum absolute atomic E-state index is 12.0. The van der Waals surface area contributed by atoms with Crippen molar-refractivity contribution < 1.29 is 16.8 Å². The molecule has 1 aliphatic rings. The fourth-order valence-electron chi connectivity index (χ4n) is 2.12. The summed E-state index contributed by atoms with van der Waals surface area (Å²) in [6.07, 6.45) is 1.78. The van der Waals surface area contributed by atoms with E-state index in [-0.39, 0.29) is 22.4 Å². The molecule has 1 aromatic rings. The predicted molar refractivity (Wildman–Crippen MR) is 76.2 cm³/mol. The minimum Gasteiger partial charge on any atom is -0.313 e. The maximum Gasteiger partial charge on any atom is 0.238 e. The molecule has 0 radical (unpaired) electrons. The van der Waals surface area contributed by atoms with Crippen LogP contribution in [0.25, 0.3) is 0 Å². The number of rotatable bonds is 5. The Morgan fingerprint density at radius 3 is 2.65 bits per heavy atom. The summed E-state index contributed by atoms with van der Waals surface area (Å²) in [7, 11) is -7.38. The first kappa shape index (κ1) is 15.2. The lowest BCUT2D eigenvalue weighted by Gasteiger charge is -2.13. The highest BCUT2D eigenvalue weighted by Gasteiger charge is 2.22. The van der Waals surface area contributed by atoms with Gasteiger partial charge in [0.1, 0.15) is 0 Å². The number of nitrogens with one attached hydrogen (secondary N) is 2. The van der Waals surface area contributed by atoms with E-state index in [1.54, 1.807) is 0 Å². The average Bonchev–Trinajstić information content (AvgIpc) is 2.79. The molecule has 0 aliphatic carbocycles.